The standard InChI is InChI=1S/C27H29N3O6/c1-14-15(2)24(33)27(3)18(8-6-16-7-9-21(31)22(12-16)36-5)17-10-11-29-25(34)28(4)26(35)30(29)20(17)13-19(27)23(14)32/h6-10,12,18-20,31H,11,13H2,1-5H3/t18-,19-,20+,27-/m0/s1. The van der Waals surface area contributed by atoms with E-state index in [2.05, 4.69) is 0 Å². The van der Waals surface area contributed by atoms with Gasteiger partial charge in [0, 0.05) is 18.9 Å². The van der Waals surface area contributed by atoms with Crippen LogP contribution in [0.5, 0.6) is 11.5 Å². The quantitative estimate of drug-likeness (QED) is 0.660. The molecule has 1 aromatic carbocycles. The van der Waals surface area contributed by atoms with E-state index in [9.17, 15) is 24.3 Å². The van der Waals surface area contributed by atoms with Gasteiger partial charge in [-0.3, -0.25) is 9.59 Å². The molecule has 5 rings (SSSR count). The second-order valence-corrected chi connectivity index (χ2v) is 10.1. The summed E-state index contributed by atoms with van der Waals surface area (Å²) in [5.41, 5.74) is 0.614. The number of aromatic hydroxyl groups is 1. The number of fused-ring (bicyclic) bond motifs is 4. The molecule has 2 aromatic rings. The molecule has 1 saturated carbocycles. The van der Waals surface area contributed by atoms with Crippen molar-refractivity contribution in [3.63, 3.8) is 0 Å². The summed E-state index contributed by atoms with van der Waals surface area (Å²) < 4.78 is 9.13. The summed E-state index contributed by atoms with van der Waals surface area (Å²) in [5.74, 6) is -0.977. The summed E-state index contributed by atoms with van der Waals surface area (Å²) >= 11 is 0. The number of ketones is 2. The van der Waals surface area contributed by atoms with Gasteiger partial charge in [0.15, 0.2) is 23.1 Å². The minimum absolute atomic E-state index is 0.0140. The van der Waals surface area contributed by atoms with Crippen molar-refractivity contribution in [2.24, 2.45) is 24.3 Å². The van der Waals surface area contributed by atoms with E-state index >= 15 is 0 Å². The Morgan fingerprint density at radius 1 is 1.11 bits per heavy atom. The molecular formula is C27H29N3O6. The minimum atomic E-state index is -1.04. The van der Waals surface area contributed by atoms with Crippen LogP contribution in [0.1, 0.15) is 38.8 Å². The average Bonchev–Trinajstić information content (AvgIpc) is 3.09. The molecule has 2 heterocycles. The first-order valence-corrected chi connectivity index (χ1v) is 11.9. The number of rotatable bonds is 3. The van der Waals surface area contributed by atoms with Crippen LogP contribution < -0.4 is 16.1 Å². The van der Waals surface area contributed by atoms with Crippen LogP contribution in [0.4, 0.5) is 0 Å². The molecule has 4 atom stereocenters. The molecule has 0 unspecified atom stereocenters. The number of benzene rings is 1. The van der Waals surface area contributed by atoms with Crippen LogP contribution in [0.2, 0.25) is 0 Å². The first-order valence-electron chi connectivity index (χ1n) is 11.9. The van der Waals surface area contributed by atoms with Crippen molar-refractivity contribution < 1.29 is 19.4 Å². The van der Waals surface area contributed by atoms with Gasteiger partial charge in [-0.25, -0.2) is 23.5 Å². The number of Topliss-reactive ketones (excluding diaryl/α,β-unsaturated/α-hetero) is 2. The number of hydrogen-bond acceptors (Lipinski definition) is 6. The molecule has 0 radical (unpaired) electrons. The Kier molecular flexibility index (Phi) is 5.35. The maximum absolute atomic E-state index is 13.8. The van der Waals surface area contributed by atoms with Crippen LogP contribution in [0.25, 0.3) is 6.08 Å². The Balaban J connectivity index is 1.70. The Hall–Kier alpha value is -3.88. The fourth-order valence-corrected chi connectivity index (χ4v) is 6.16. The third kappa shape index (κ3) is 3.08. The van der Waals surface area contributed by atoms with Crippen molar-refractivity contribution in [3.05, 3.63) is 73.6 Å². The summed E-state index contributed by atoms with van der Waals surface area (Å²) in [6, 6.07) is 4.42. The number of phenols is 1. The van der Waals surface area contributed by atoms with E-state index < -0.39 is 34.7 Å². The van der Waals surface area contributed by atoms with Crippen molar-refractivity contribution in [1.29, 1.82) is 0 Å². The smallest absolute Gasteiger partial charge is 0.347 e. The molecule has 1 aliphatic heterocycles. The molecule has 3 aliphatic rings. The highest BCUT2D eigenvalue weighted by Gasteiger charge is 2.59. The van der Waals surface area contributed by atoms with E-state index in [1.54, 1.807) is 26.0 Å². The summed E-state index contributed by atoms with van der Waals surface area (Å²) in [4.78, 5) is 53.0. The van der Waals surface area contributed by atoms with Gasteiger partial charge in [0.25, 0.3) is 0 Å². The van der Waals surface area contributed by atoms with Gasteiger partial charge in [-0.15, -0.1) is 0 Å². The highest BCUT2D eigenvalue weighted by Crippen LogP contribution is 2.57. The zero-order valence-electron chi connectivity index (χ0n) is 20.9. The van der Waals surface area contributed by atoms with Crippen molar-refractivity contribution in [1.82, 2.24) is 13.9 Å². The largest absolute Gasteiger partial charge is 0.504 e. The van der Waals surface area contributed by atoms with E-state index in [-0.39, 0.29) is 30.3 Å². The number of nitrogens with zero attached hydrogens (tertiary/aromatic N) is 3. The van der Waals surface area contributed by atoms with Crippen molar-refractivity contribution in [3.8, 4) is 11.5 Å². The minimum Gasteiger partial charge on any atom is -0.504 e. The van der Waals surface area contributed by atoms with Gasteiger partial charge < -0.3 is 9.84 Å². The number of methoxy groups -OCH3 is 1. The zero-order valence-corrected chi connectivity index (χ0v) is 20.9. The second kappa shape index (κ2) is 8.08. The molecule has 9 nitrogen and oxygen atoms in total. The Morgan fingerprint density at radius 3 is 2.53 bits per heavy atom. The van der Waals surface area contributed by atoms with E-state index in [1.165, 1.54) is 29.6 Å². The van der Waals surface area contributed by atoms with Gasteiger partial charge in [0.05, 0.1) is 25.1 Å². The van der Waals surface area contributed by atoms with Crippen LogP contribution in [-0.2, 0) is 23.2 Å². The Morgan fingerprint density at radius 2 is 1.83 bits per heavy atom. The van der Waals surface area contributed by atoms with Crippen LogP contribution >= 0.6 is 0 Å². The van der Waals surface area contributed by atoms with E-state index in [0.717, 1.165) is 15.7 Å². The zero-order chi connectivity index (χ0) is 26.1. The van der Waals surface area contributed by atoms with E-state index in [4.69, 9.17) is 4.74 Å². The normalized spacial score (nSPS) is 27.6. The monoisotopic (exact) mass is 491 g/mol. The molecule has 1 fully saturated rings. The fraction of sp³-hybridized carbons (Fsp3) is 0.407. The first kappa shape index (κ1) is 23.8. The van der Waals surface area contributed by atoms with Crippen LogP contribution in [0.15, 0.2) is 56.7 Å². The van der Waals surface area contributed by atoms with Crippen LogP contribution in [0, 0.1) is 17.3 Å². The van der Waals surface area contributed by atoms with Gasteiger partial charge in [0.2, 0.25) is 0 Å². The SMILES string of the molecule is COc1cc(C=C[C@H]2C3=CCn4c(=O)n(C)c(=O)n4[C@@H]3C[C@H]3C(=O)C(C)=C(C)C(=O)[C@@]23C)ccc1O. The van der Waals surface area contributed by atoms with Gasteiger partial charge in [-0.2, -0.15) is 0 Å². The number of hydrogen-bond donors (Lipinski definition) is 1. The Bertz CT molecular complexity index is 1530. The van der Waals surface area contributed by atoms with Gasteiger partial charge >= 0.3 is 11.4 Å². The predicted molar refractivity (Wildman–Crippen MR) is 133 cm³/mol. The molecular weight excluding hydrogens is 462 g/mol. The average molecular weight is 492 g/mol. The Labute approximate surface area is 207 Å². The number of phenolic OH excluding ortho intramolecular Hbond substituents is 1. The summed E-state index contributed by atoms with van der Waals surface area (Å²) in [6.07, 6.45) is 5.92. The highest BCUT2D eigenvalue weighted by molar-refractivity contribution is 6.15. The number of allylic oxidation sites excluding steroid dienone is 5. The van der Waals surface area contributed by atoms with Crippen molar-refractivity contribution >= 4 is 17.6 Å². The van der Waals surface area contributed by atoms with E-state index in [0.29, 0.717) is 16.9 Å². The second-order valence-electron chi connectivity index (χ2n) is 10.1. The third-order valence-electron chi connectivity index (χ3n) is 8.38. The number of carbonyl (C=O) groups excluding carboxylic acids is 2. The fourth-order valence-electron chi connectivity index (χ4n) is 6.16. The third-order valence-corrected chi connectivity index (χ3v) is 8.38. The van der Waals surface area contributed by atoms with Gasteiger partial charge in [-0.1, -0.05) is 31.2 Å². The summed E-state index contributed by atoms with van der Waals surface area (Å²) in [7, 11) is 2.91. The van der Waals surface area contributed by atoms with Crippen molar-refractivity contribution in [2.45, 2.75) is 39.8 Å². The maximum Gasteiger partial charge on any atom is 0.347 e. The number of ether oxygens (including phenoxy) is 1. The van der Waals surface area contributed by atoms with Gasteiger partial charge in [-0.05, 0) is 54.7 Å². The highest BCUT2D eigenvalue weighted by atomic mass is 16.5. The topological polar surface area (TPSA) is 113 Å². The molecule has 0 spiro atoms. The molecule has 9 heteroatoms. The van der Waals surface area contributed by atoms with Crippen LogP contribution in [-0.4, -0.2) is 37.7 Å². The lowest BCUT2D eigenvalue weighted by Crippen LogP contribution is -2.56. The molecule has 36 heavy (non-hydrogen) atoms. The molecule has 1 aromatic heterocycles. The first-order chi connectivity index (χ1) is 17.0. The predicted octanol–water partition coefficient (Wildman–Crippen LogP) is 2.39. The van der Waals surface area contributed by atoms with E-state index in [1.807, 2.05) is 25.2 Å². The van der Waals surface area contributed by atoms with Gasteiger partial charge in [0.1, 0.15) is 0 Å². The molecule has 2 aliphatic carbocycles. The number of aromatic nitrogens is 3. The van der Waals surface area contributed by atoms with Crippen molar-refractivity contribution in [2.75, 3.05) is 7.11 Å². The molecule has 188 valence electrons. The number of carbonyl (C=O) groups is 2. The summed E-state index contributed by atoms with van der Waals surface area (Å²) in [6.45, 7) is 5.42. The molecule has 0 bridgehead atoms. The maximum atomic E-state index is 13.8. The summed E-state index contributed by atoms with van der Waals surface area (Å²) in [5, 5.41) is 9.96. The molecule has 0 saturated heterocycles. The molecule has 1 N–H and O–H groups in total. The molecule has 0 amide bonds. The lowest BCUT2D eigenvalue weighted by molar-refractivity contribution is -0.141. The lowest BCUT2D eigenvalue weighted by Gasteiger charge is -2.52. The lowest BCUT2D eigenvalue weighted by atomic mass is 9.51. The van der Waals surface area contributed by atoms with Crippen LogP contribution in [0.3, 0.4) is 0 Å².